The van der Waals surface area contributed by atoms with E-state index >= 15 is 0 Å². The highest BCUT2D eigenvalue weighted by Gasteiger charge is 2.22. The fourth-order valence-corrected chi connectivity index (χ4v) is 3.95. The smallest absolute Gasteiger partial charge is 0.277 e. The fourth-order valence-electron chi connectivity index (χ4n) is 3.28. The van der Waals surface area contributed by atoms with Crippen LogP contribution in [0, 0.1) is 5.82 Å². The Labute approximate surface area is 184 Å². The normalized spacial score (nSPS) is 15.0. The van der Waals surface area contributed by atoms with Gasteiger partial charge in [-0.25, -0.2) is 4.39 Å². The number of halogens is 1. The van der Waals surface area contributed by atoms with Crippen LogP contribution in [0.25, 0.3) is 0 Å². The van der Waals surface area contributed by atoms with Crippen LogP contribution in [0.3, 0.4) is 0 Å². The van der Waals surface area contributed by atoms with Crippen molar-refractivity contribution in [2.24, 2.45) is 0 Å². The molecule has 0 N–H and O–H groups in total. The van der Waals surface area contributed by atoms with Crippen molar-refractivity contribution in [1.82, 2.24) is 15.1 Å². The summed E-state index contributed by atoms with van der Waals surface area (Å²) < 4.78 is 24.3. The number of amides is 1. The summed E-state index contributed by atoms with van der Waals surface area (Å²) in [6.07, 6.45) is -0.492. The van der Waals surface area contributed by atoms with Crippen LogP contribution in [0.2, 0.25) is 0 Å². The number of para-hydroxylation sites is 1. The van der Waals surface area contributed by atoms with Gasteiger partial charge in [-0.05, 0) is 43.3 Å². The van der Waals surface area contributed by atoms with Crippen LogP contribution in [0.5, 0.6) is 5.75 Å². The number of aromatic nitrogens is 2. The molecular weight excluding hydrogens is 419 g/mol. The number of rotatable bonds is 7. The Morgan fingerprint density at radius 1 is 1.10 bits per heavy atom. The number of thioether (sulfide) groups is 1. The third-order valence-corrected chi connectivity index (χ3v) is 5.77. The lowest BCUT2D eigenvalue weighted by Crippen LogP contribution is -2.49. The van der Waals surface area contributed by atoms with E-state index in [9.17, 15) is 9.18 Å². The molecule has 1 aromatic heterocycles. The quantitative estimate of drug-likeness (QED) is 0.516. The van der Waals surface area contributed by atoms with Crippen LogP contribution in [0.4, 0.5) is 10.1 Å². The Hall–Kier alpha value is -3.07. The number of hydrogen-bond acceptors (Lipinski definition) is 7. The summed E-state index contributed by atoms with van der Waals surface area (Å²) in [7, 11) is 0. The molecule has 1 unspecified atom stereocenters. The van der Waals surface area contributed by atoms with Gasteiger partial charge in [-0.15, -0.1) is 10.2 Å². The van der Waals surface area contributed by atoms with E-state index in [2.05, 4.69) is 27.2 Å². The summed E-state index contributed by atoms with van der Waals surface area (Å²) >= 11 is 1.22. The Morgan fingerprint density at radius 3 is 2.52 bits per heavy atom. The predicted molar refractivity (Wildman–Crippen MR) is 116 cm³/mol. The second-order valence-electron chi connectivity index (χ2n) is 7.11. The van der Waals surface area contributed by atoms with Crippen LogP contribution >= 0.6 is 11.8 Å². The number of nitrogens with zero attached hydrogens (tertiary/aromatic N) is 4. The van der Waals surface area contributed by atoms with Gasteiger partial charge in [0.05, 0.1) is 5.75 Å². The number of piperazine rings is 1. The highest BCUT2D eigenvalue weighted by Crippen LogP contribution is 2.24. The minimum atomic E-state index is -0.492. The first kappa shape index (κ1) is 21.2. The minimum absolute atomic E-state index is 0.0491. The molecule has 7 nitrogen and oxygen atoms in total. The van der Waals surface area contributed by atoms with Crippen molar-refractivity contribution >= 4 is 23.4 Å². The lowest BCUT2D eigenvalue weighted by atomic mass is 10.2. The van der Waals surface area contributed by atoms with Gasteiger partial charge >= 0.3 is 0 Å². The molecule has 1 amide bonds. The maximum Gasteiger partial charge on any atom is 0.277 e. The standard InChI is InChI=1S/C22H23FN4O3S/c1-16(29-19-9-7-17(23)8-10-19)21-24-25-22(30-21)31-15-20(28)27-13-11-26(12-14-27)18-5-3-2-4-6-18/h2-10,16H,11-15H2,1H3. The Morgan fingerprint density at radius 2 is 1.81 bits per heavy atom. The lowest BCUT2D eigenvalue weighted by molar-refractivity contribution is -0.128. The molecule has 3 aromatic rings. The van der Waals surface area contributed by atoms with Crippen LogP contribution in [0.1, 0.15) is 18.9 Å². The molecule has 0 spiro atoms. The third-order valence-electron chi connectivity index (χ3n) is 4.97. The first-order valence-corrected chi connectivity index (χ1v) is 11.0. The van der Waals surface area contributed by atoms with Gasteiger partial charge in [-0.1, -0.05) is 30.0 Å². The van der Waals surface area contributed by atoms with Crippen molar-refractivity contribution in [3.63, 3.8) is 0 Å². The summed E-state index contributed by atoms with van der Waals surface area (Å²) in [5.74, 6) is 0.762. The maximum atomic E-state index is 13.0. The van der Waals surface area contributed by atoms with Gasteiger partial charge in [-0.2, -0.15) is 0 Å². The molecule has 1 aliphatic rings. The predicted octanol–water partition coefficient (Wildman–Crippen LogP) is 3.79. The van der Waals surface area contributed by atoms with E-state index in [0.29, 0.717) is 30.0 Å². The van der Waals surface area contributed by atoms with Crippen molar-refractivity contribution in [1.29, 1.82) is 0 Å². The van der Waals surface area contributed by atoms with E-state index in [-0.39, 0.29) is 17.5 Å². The highest BCUT2D eigenvalue weighted by atomic mass is 32.2. The number of anilines is 1. The molecule has 1 atom stereocenters. The number of benzene rings is 2. The van der Waals surface area contributed by atoms with Crippen LogP contribution in [-0.4, -0.2) is 52.9 Å². The van der Waals surface area contributed by atoms with E-state index in [1.165, 1.54) is 41.7 Å². The zero-order valence-electron chi connectivity index (χ0n) is 17.1. The molecule has 0 bridgehead atoms. The Balaban J connectivity index is 1.24. The molecule has 2 heterocycles. The van der Waals surface area contributed by atoms with E-state index in [0.717, 1.165) is 13.1 Å². The Kier molecular flexibility index (Phi) is 6.71. The first-order valence-electron chi connectivity index (χ1n) is 10.0. The molecule has 0 aliphatic carbocycles. The summed E-state index contributed by atoms with van der Waals surface area (Å²) in [5, 5.41) is 8.31. The average molecular weight is 443 g/mol. The molecule has 0 radical (unpaired) electrons. The molecule has 1 fully saturated rings. The Bertz CT molecular complexity index is 992. The zero-order chi connectivity index (χ0) is 21.6. The van der Waals surface area contributed by atoms with Crippen LogP contribution in [0.15, 0.2) is 64.2 Å². The summed E-state index contributed by atoms with van der Waals surface area (Å²) in [6, 6.07) is 15.9. The van der Waals surface area contributed by atoms with Crippen molar-refractivity contribution in [3.05, 3.63) is 66.3 Å². The molecule has 1 aliphatic heterocycles. The van der Waals surface area contributed by atoms with Gasteiger partial charge in [0.1, 0.15) is 11.6 Å². The van der Waals surface area contributed by atoms with Crippen molar-refractivity contribution in [2.45, 2.75) is 18.3 Å². The van der Waals surface area contributed by atoms with Gasteiger partial charge < -0.3 is 19.0 Å². The topological polar surface area (TPSA) is 71.7 Å². The molecule has 162 valence electrons. The van der Waals surface area contributed by atoms with Crippen LogP contribution in [-0.2, 0) is 4.79 Å². The van der Waals surface area contributed by atoms with Gasteiger partial charge in [0.15, 0.2) is 6.10 Å². The molecule has 1 saturated heterocycles. The molecule has 4 rings (SSSR count). The van der Waals surface area contributed by atoms with Gasteiger partial charge in [0, 0.05) is 31.9 Å². The molecule has 9 heteroatoms. The lowest BCUT2D eigenvalue weighted by Gasteiger charge is -2.36. The van der Waals surface area contributed by atoms with Gasteiger partial charge in [0.2, 0.25) is 5.91 Å². The van der Waals surface area contributed by atoms with E-state index in [1.807, 2.05) is 23.1 Å². The summed E-state index contributed by atoms with van der Waals surface area (Å²) in [5.41, 5.74) is 1.18. The molecule has 31 heavy (non-hydrogen) atoms. The number of carbonyl (C=O) groups is 1. The second kappa shape index (κ2) is 9.82. The number of ether oxygens (including phenoxy) is 1. The van der Waals surface area contributed by atoms with E-state index in [4.69, 9.17) is 9.15 Å². The summed E-state index contributed by atoms with van der Waals surface area (Å²) in [6.45, 7) is 4.76. The van der Waals surface area contributed by atoms with Gasteiger partial charge in [-0.3, -0.25) is 4.79 Å². The monoisotopic (exact) mass is 442 g/mol. The fraction of sp³-hybridized carbons (Fsp3) is 0.318. The first-order chi connectivity index (χ1) is 15.1. The minimum Gasteiger partial charge on any atom is -0.481 e. The van der Waals surface area contributed by atoms with Crippen molar-refractivity contribution in [2.75, 3.05) is 36.8 Å². The maximum absolute atomic E-state index is 13.0. The van der Waals surface area contributed by atoms with Crippen molar-refractivity contribution in [3.8, 4) is 5.75 Å². The number of hydrogen-bond donors (Lipinski definition) is 0. The second-order valence-corrected chi connectivity index (χ2v) is 8.04. The van der Waals surface area contributed by atoms with Gasteiger partial charge in [0.25, 0.3) is 11.1 Å². The SMILES string of the molecule is CC(Oc1ccc(F)cc1)c1nnc(SCC(=O)N2CCN(c3ccccc3)CC2)o1. The average Bonchev–Trinajstić information content (AvgIpc) is 3.29. The summed E-state index contributed by atoms with van der Waals surface area (Å²) in [4.78, 5) is 16.7. The third kappa shape index (κ3) is 5.55. The van der Waals surface area contributed by atoms with Crippen LogP contribution < -0.4 is 9.64 Å². The molecule has 0 saturated carbocycles. The van der Waals surface area contributed by atoms with Crippen molar-refractivity contribution < 1.29 is 18.3 Å². The molecular formula is C22H23FN4O3S. The highest BCUT2D eigenvalue weighted by molar-refractivity contribution is 7.99. The van der Waals surface area contributed by atoms with E-state index in [1.54, 1.807) is 6.92 Å². The molecule has 2 aromatic carbocycles. The number of carbonyl (C=O) groups excluding carboxylic acids is 1. The van der Waals surface area contributed by atoms with E-state index < -0.39 is 6.10 Å². The largest absolute Gasteiger partial charge is 0.481 e. The zero-order valence-corrected chi connectivity index (χ0v) is 17.9.